The van der Waals surface area contributed by atoms with Crippen LogP contribution in [0.1, 0.15) is 39.5 Å². The van der Waals surface area contributed by atoms with E-state index in [0.717, 1.165) is 19.2 Å². The van der Waals surface area contributed by atoms with Crippen molar-refractivity contribution < 1.29 is 4.74 Å². The molecule has 1 N–H and O–H groups in total. The third-order valence-electron chi connectivity index (χ3n) is 4.12. The molecule has 2 fully saturated rings. The Hall–Kier alpha value is -0.120. The van der Waals surface area contributed by atoms with Crippen LogP contribution in [0.4, 0.5) is 0 Å². The first-order chi connectivity index (χ1) is 7.77. The van der Waals surface area contributed by atoms with E-state index in [1.807, 2.05) is 0 Å². The van der Waals surface area contributed by atoms with Crippen molar-refractivity contribution in [2.24, 2.45) is 0 Å². The summed E-state index contributed by atoms with van der Waals surface area (Å²) in [6, 6.07) is 1.37. The topological polar surface area (TPSA) is 24.5 Å². The number of piperidine rings is 1. The van der Waals surface area contributed by atoms with Gasteiger partial charge in [0.1, 0.15) is 0 Å². The zero-order valence-electron chi connectivity index (χ0n) is 10.7. The lowest BCUT2D eigenvalue weighted by atomic mass is 10.0. The van der Waals surface area contributed by atoms with E-state index in [9.17, 15) is 0 Å². The van der Waals surface area contributed by atoms with Crippen LogP contribution in [0.2, 0.25) is 0 Å². The fourth-order valence-corrected chi connectivity index (χ4v) is 2.88. The first-order valence-corrected chi connectivity index (χ1v) is 6.86. The Bertz CT molecular complexity index is 210. The number of likely N-dealkylation sites (tertiary alicyclic amines) is 1. The number of nitrogens with zero attached hydrogens (tertiary/aromatic N) is 1. The monoisotopic (exact) mass is 226 g/mol. The molecule has 0 aromatic rings. The summed E-state index contributed by atoms with van der Waals surface area (Å²) in [4.78, 5) is 2.62. The second-order valence-corrected chi connectivity index (χ2v) is 5.31. The summed E-state index contributed by atoms with van der Waals surface area (Å²) >= 11 is 0. The van der Waals surface area contributed by atoms with Crippen LogP contribution in [0.3, 0.4) is 0 Å². The van der Waals surface area contributed by atoms with Gasteiger partial charge in [-0.2, -0.15) is 0 Å². The van der Waals surface area contributed by atoms with Gasteiger partial charge in [0.2, 0.25) is 0 Å². The average Bonchev–Trinajstić information content (AvgIpc) is 2.67. The zero-order chi connectivity index (χ0) is 11.4. The van der Waals surface area contributed by atoms with Crippen molar-refractivity contribution in [1.82, 2.24) is 10.2 Å². The molecule has 0 saturated carbocycles. The molecular formula is C13H26N2O. The van der Waals surface area contributed by atoms with Crippen molar-refractivity contribution in [3.05, 3.63) is 0 Å². The van der Waals surface area contributed by atoms with Crippen molar-refractivity contribution in [3.63, 3.8) is 0 Å². The van der Waals surface area contributed by atoms with E-state index >= 15 is 0 Å². The SMILES string of the molecule is CC1OCCC1NCCN1CCCCC1C. The van der Waals surface area contributed by atoms with Gasteiger partial charge in [-0.25, -0.2) is 0 Å². The maximum absolute atomic E-state index is 5.55. The molecule has 2 aliphatic rings. The van der Waals surface area contributed by atoms with Gasteiger partial charge in [-0.3, -0.25) is 4.90 Å². The van der Waals surface area contributed by atoms with Crippen molar-refractivity contribution in [2.75, 3.05) is 26.2 Å². The van der Waals surface area contributed by atoms with Gasteiger partial charge in [0.25, 0.3) is 0 Å². The number of hydrogen-bond donors (Lipinski definition) is 1. The minimum atomic E-state index is 0.402. The Morgan fingerprint density at radius 3 is 2.81 bits per heavy atom. The molecule has 3 heteroatoms. The number of hydrogen-bond acceptors (Lipinski definition) is 3. The highest BCUT2D eigenvalue weighted by molar-refractivity contribution is 4.80. The van der Waals surface area contributed by atoms with E-state index in [4.69, 9.17) is 4.74 Å². The van der Waals surface area contributed by atoms with E-state index in [0.29, 0.717) is 12.1 Å². The first-order valence-electron chi connectivity index (χ1n) is 6.86. The van der Waals surface area contributed by atoms with Gasteiger partial charge >= 0.3 is 0 Å². The Morgan fingerprint density at radius 2 is 2.12 bits per heavy atom. The quantitative estimate of drug-likeness (QED) is 0.788. The minimum absolute atomic E-state index is 0.402. The van der Waals surface area contributed by atoms with E-state index in [-0.39, 0.29) is 0 Å². The van der Waals surface area contributed by atoms with E-state index in [1.54, 1.807) is 0 Å². The molecule has 3 atom stereocenters. The molecule has 2 heterocycles. The molecule has 0 aliphatic carbocycles. The van der Waals surface area contributed by atoms with Gasteiger partial charge in [0.05, 0.1) is 6.10 Å². The molecule has 0 aromatic heterocycles. The highest BCUT2D eigenvalue weighted by Gasteiger charge is 2.24. The Morgan fingerprint density at radius 1 is 1.25 bits per heavy atom. The van der Waals surface area contributed by atoms with Gasteiger partial charge in [0.15, 0.2) is 0 Å². The molecule has 3 nitrogen and oxygen atoms in total. The summed E-state index contributed by atoms with van der Waals surface area (Å²) in [6.45, 7) is 9.07. The number of rotatable bonds is 4. The molecule has 94 valence electrons. The first kappa shape index (κ1) is 12.3. The van der Waals surface area contributed by atoms with E-state index < -0.39 is 0 Å². The fourth-order valence-electron chi connectivity index (χ4n) is 2.88. The van der Waals surface area contributed by atoms with E-state index in [1.165, 1.54) is 38.8 Å². The summed E-state index contributed by atoms with van der Waals surface area (Å²) in [5.41, 5.74) is 0. The lowest BCUT2D eigenvalue weighted by Gasteiger charge is -2.33. The largest absolute Gasteiger partial charge is 0.377 e. The van der Waals surface area contributed by atoms with Gasteiger partial charge in [0, 0.05) is 31.8 Å². The summed E-state index contributed by atoms with van der Waals surface area (Å²) in [7, 11) is 0. The van der Waals surface area contributed by atoms with Crippen molar-refractivity contribution in [3.8, 4) is 0 Å². The van der Waals surface area contributed by atoms with Crippen molar-refractivity contribution in [1.29, 1.82) is 0 Å². The van der Waals surface area contributed by atoms with Gasteiger partial charge in [-0.1, -0.05) is 6.42 Å². The third-order valence-corrected chi connectivity index (χ3v) is 4.12. The van der Waals surface area contributed by atoms with Crippen LogP contribution < -0.4 is 5.32 Å². The Kier molecular flexibility index (Phi) is 4.62. The normalized spacial score (nSPS) is 36.8. The van der Waals surface area contributed by atoms with Crippen molar-refractivity contribution >= 4 is 0 Å². The molecule has 3 unspecified atom stereocenters. The molecule has 2 rings (SSSR count). The zero-order valence-corrected chi connectivity index (χ0v) is 10.7. The molecular weight excluding hydrogens is 200 g/mol. The van der Waals surface area contributed by atoms with Crippen LogP contribution in [0.15, 0.2) is 0 Å². The fraction of sp³-hybridized carbons (Fsp3) is 1.00. The second-order valence-electron chi connectivity index (χ2n) is 5.31. The summed E-state index contributed by atoms with van der Waals surface area (Å²) in [6.07, 6.45) is 5.75. The lowest BCUT2D eigenvalue weighted by Crippen LogP contribution is -2.44. The smallest absolute Gasteiger partial charge is 0.0700 e. The highest BCUT2D eigenvalue weighted by atomic mass is 16.5. The summed E-state index contributed by atoms with van der Waals surface area (Å²) in [5, 5.41) is 3.63. The minimum Gasteiger partial charge on any atom is -0.377 e. The number of nitrogens with one attached hydrogen (secondary N) is 1. The Labute approximate surface area is 99.5 Å². The molecule has 0 amide bonds. The molecule has 0 bridgehead atoms. The van der Waals surface area contributed by atoms with Gasteiger partial charge in [-0.05, 0) is 39.7 Å². The molecule has 2 saturated heterocycles. The van der Waals surface area contributed by atoms with Crippen LogP contribution in [0.25, 0.3) is 0 Å². The second kappa shape index (κ2) is 5.99. The summed E-state index contributed by atoms with van der Waals surface area (Å²) < 4.78 is 5.55. The van der Waals surface area contributed by atoms with Crippen LogP contribution in [-0.4, -0.2) is 49.3 Å². The molecule has 0 radical (unpaired) electrons. The van der Waals surface area contributed by atoms with Gasteiger partial charge in [-0.15, -0.1) is 0 Å². The van der Waals surface area contributed by atoms with Crippen LogP contribution in [-0.2, 0) is 4.74 Å². The predicted molar refractivity (Wildman–Crippen MR) is 66.7 cm³/mol. The maximum atomic E-state index is 5.55. The van der Waals surface area contributed by atoms with Gasteiger partial charge < -0.3 is 10.1 Å². The average molecular weight is 226 g/mol. The summed E-state index contributed by atoms with van der Waals surface area (Å²) in [5.74, 6) is 0. The van der Waals surface area contributed by atoms with Crippen molar-refractivity contribution in [2.45, 2.75) is 57.7 Å². The van der Waals surface area contributed by atoms with Crippen LogP contribution in [0.5, 0.6) is 0 Å². The van der Waals surface area contributed by atoms with Crippen LogP contribution >= 0.6 is 0 Å². The molecule has 0 aromatic carbocycles. The third kappa shape index (κ3) is 3.19. The number of ether oxygens (including phenoxy) is 1. The predicted octanol–water partition coefficient (Wildman–Crippen LogP) is 1.63. The van der Waals surface area contributed by atoms with Crippen LogP contribution in [0, 0.1) is 0 Å². The lowest BCUT2D eigenvalue weighted by molar-refractivity contribution is 0.110. The highest BCUT2D eigenvalue weighted by Crippen LogP contribution is 2.16. The maximum Gasteiger partial charge on any atom is 0.0700 e. The molecule has 2 aliphatic heterocycles. The van der Waals surface area contributed by atoms with E-state index in [2.05, 4.69) is 24.1 Å². The Balaban J connectivity index is 1.63. The molecule has 0 spiro atoms. The molecule has 16 heavy (non-hydrogen) atoms. The standard InChI is InChI=1S/C13H26N2O/c1-11-5-3-4-8-15(11)9-7-14-13-6-10-16-12(13)2/h11-14H,3-10H2,1-2H3.